The highest BCUT2D eigenvalue weighted by molar-refractivity contribution is 6.32. The molecule has 0 aliphatic rings. The fourth-order valence-corrected chi connectivity index (χ4v) is 1.83. The average molecular weight is 304 g/mol. The van der Waals surface area contributed by atoms with E-state index in [0.717, 1.165) is 5.56 Å². The topological polar surface area (TPSA) is 79.3 Å². The fraction of sp³-hybridized carbons (Fsp3) is 0.143. The van der Waals surface area contributed by atoms with Crippen LogP contribution in [0.1, 0.15) is 12.5 Å². The molecule has 0 aliphatic heterocycles. The number of hydrogen-bond acceptors (Lipinski definition) is 5. The number of nitrogens with zero attached hydrogens (tertiary/aromatic N) is 3. The minimum atomic E-state index is -0.270. The van der Waals surface area contributed by atoms with Crippen molar-refractivity contribution in [2.24, 2.45) is 4.99 Å². The highest BCUT2D eigenvalue weighted by Crippen LogP contribution is 2.31. The molecule has 0 fully saturated rings. The van der Waals surface area contributed by atoms with Crippen LogP contribution in [0, 0.1) is 0 Å². The van der Waals surface area contributed by atoms with Crippen molar-refractivity contribution in [3.05, 3.63) is 41.0 Å². The standard InChI is InChI=1S/C14H14ClN5O/c1-9(21)18-14-19-12(15)11(13(16-2)20-14)17-8-10-6-4-3-5-7-10/h3-8H,1-2H3,(H2,16,18,19,20,21). The van der Waals surface area contributed by atoms with Gasteiger partial charge in [-0.05, 0) is 5.56 Å². The Labute approximate surface area is 127 Å². The second-order valence-corrected chi connectivity index (χ2v) is 4.49. The van der Waals surface area contributed by atoms with Gasteiger partial charge in [-0.1, -0.05) is 41.9 Å². The third-order valence-corrected chi connectivity index (χ3v) is 2.77. The normalized spacial score (nSPS) is 10.6. The summed E-state index contributed by atoms with van der Waals surface area (Å²) >= 11 is 6.11. The van der Waals surface area contributed by atoms with Crippen LogP contribution in [0.2, 0.25) is 5.15 Å². The summed E-state index contributed by atoms with van der Waals surface area (Å²) in [6.45, 7) is 1.37. The first kappa shape index (κ1) is 14.9. The van der Waals surface area contributed by atoms with Gasteiger partial charge in [-0.3, -0.25) is 10.1 Å². The summed E-state index contributed by atoms with van der Waals surface area (Å²) in [4.78, 5) is 23.5. The SMILES string of the molecule is CNc1nc(NC(C)=O)nc(Cl)c1N=Cc1ccccc1. The van der Waals surface area contributed by atoms with Crippen LogP contribution in [0.25, 0.3) is 0 Å². The number of anilines is 2. The Morgan fingerprint density at radius 2 is 2.00 bits per heavy atom. The van der Waals surface area contributed by atoms with Crippen LogP contribution in [0.3, 0.4) is 0 Å². The van der Waals surface area contributed by atoms with Gasteiger partial charge in [-0.15, -0.1) is 0 Å². The maximum atomic E-state index is 11.0. The predicted molar refractivity (Wildman–Crippen MR) is 84.6 cm³/mol. The van der Waals surface area contributed by atoms with Gasteiger partial charge in [-0.2, -0.15) is 9.97 Å². The van der Waals surface area contributed by atoms with Crippen LogP contribution in [0.5, 0.6) is 0 Å². The van der Waals surface area contributed by atoms with E-state index in [4.69, 9.17) is 11.6 Å². The molecule has 1 aromatic heterocycles. The molecule has 1 aromatic carbocycles. The second kappa shape index (κ2) is 6.81. The van der Waals surface area contributed by atoms with Crippen molar-refractivity contribution in [1.29, 1.82) is 0 Å². The van der Waals surface area contributed by atoms with Gasteiger partial charge < -0.3 is 5.32 Å². The number of rotatable bonds is 4. The molecule has 0 saturated carbocycles. The highest BCUT2D eigenvalue weighted by Gasteiger charge is 2.12. The van der Waals surface area contributed by atoms with Crippen molar-refractivity contribution in [2.45, 2.75) is 6.92 Å². The summed E-state index contributed by atoms with van der Waals surface area (Å²) in [5.41, 5.74) is 1.35. The molecule has 1 amide bonds. The number of nitrogens with one attached hydrogen (secondary N) is 2. The van der Waals surface area contributed by atoms with Crippen LogP contribution in [-0.2, 0) is 4.79 Å². The number of benzene rings is 1. The van der Waals surface area contributed by atoms with Crippen molar-refractivity contribution in [3.63, 3.8) is 0 Å². The van der Waals surface area contributed by atoms with E-state index in [1.54, 1.807) is 13.3 Å². The smallest absolute Gasteiger partial charge is 0.232 e. The maximum absolute atomic E-state index is 11.0. The molecule has 2 aromatic rings. The molecule has 6 nitrogen and oxygen atoms in total. The molecular weight excluding hydrogens is 290 g/mol. The van der Waals surface area contributed by atoms with Crippen LogP contribution < -0.4 is 10.6 Å². The van der Waals surface area contributed by atoms with Crippen molar-refractivity contribution in [3.8, 4) is 0 Å². The number of carbonyl (C=O) groups excluding carboxylic acids is 1. The number of aromatic nitrogens is 2. The number of carbonyl (C=O) groups is 1. The zero-order chi connectivity index (χ0) is 15.2. The van der Waals surface area contributed by atoms with Crippen LogP contribution in [-0.4, -0.2) is 29.1 Å². The number of halogens is 1. The molecule has 0 aliphatic carbocycles. The molecule has 0 bridgehead atoms. The maximum Gasteiger partial charge on any atom is 0.232 e. The molecule has 108 valence electrons. The third kappa shape index (κ3) is 4.00. The van der Waals surface area contributed by atoms with Crippen molar-refractivity contribution in [1.82, 2.24) is 9.97 Å². The molecule has 0 saturated heterocycles. The molecule has 7 heteroatoms. The van der Waals surface area contributed by atoms with E-state index < -0.39 is 0 Å². The fourth-order valence-electron chi connectivity index (χ4n) is 1.61. The molecule has 21 heavy (non-hydrogen) atoms. The molecule has 0 atom stereocenters. The van der Waals surface area contributed by atoms with Crippen LogP contribution in [0.15, 0.2) is 35.3 Å². The van der Waals surface area contributed by atoms with E-state index in [1.165, 1.54) is 6.92 Å². The van der Waals surface area contributed by atoms with E-state index in [2.05, 4.69) is 25.6 Å². The van der Waals surface area contributed by atoms with Crippen LogP contribution in [0.4, 0.5) is 17.5 Å². The molecule has 2 rings (SSSR count). The zero-order valence-corrected chi connectivity index (χ0v) is 12.3. The molecule has 0 spiro atoms. The lowest BCUT2D eigenvalue weighted by molar-refractivity contribution is -0.114. The van der Waals surface area contributed by atoms with Crippen molar-refractivity contribution < 1.29 is 4.79 Å². The summed E-state index contributed by atoms with van der Waals surface area (Å²) in [6, 6.07) is 9.59. The predicted octanol–water partition coefficient (Wildman–Crippen LogP) is 2.88. The Morgan fingerprint density at radius 3 is 2.62 bits per heavy atom. The van der Waals surface area contributed by atoms with Gasteiger partial charge >= 0.3 is 0 Å². The lowest BCUT2D eigenvalue weighted by Gasteiger charge is -2.08. The van der Waals surface area contributed by atoms with Crippen molar-refractivity contribution in [2.75, 3.05) is 17.7 Å². The number of amides is 1. The Morgan fingerprint density at radius 1 is 1.29 bits per heavy atom. The minimum absolute atomic E-state index is 0.135. The first-order valence-corrected chi connectivity index (χ1v) is 6.60. The van der Waals surface area contributed by atoms with Crippen LogP contribution >= 0.6 is 11.6 Å². The monoisotopic (exact) mass is 303 g/mol. The minimum Gasteiger partial charge on any atom is -0.371 e. The van der Waals surface area contributed by atoms with Gasteiger partial charge in [0, 0.05) is 20.2 Å². The quantitative estimate of drug-likeness (QED) is 0.672. The van der Waals surface area contributed by atoms with Gasteiger partial charge in [0.25, 0.3) is 0 Å². The summed E-state index contributed by atoms with van der Waals surface area (Å²) in [7, 11) is 1.69. The summed E-state index contributed by atoms with van der Waals surface area (Å²) in [5, 5.41) is 5.53. The first-order chi connectivity index (χ1) is 10.1. The zero-order valence-electron chi connectivity index (χ0n) is 11.6. The first-order valence-electron chi connectivity index (χ1n) is 6.22. The molecule has 0 unspecified atom stereocenters. The summed E-state index contributed by atoms with van der Waals surface area (Å²) < 4.78 is 0. The highest BCUT2D eigenvalue weighted by atomic mass is 35.5. The van der Waals surface area contributed by atoms with Gasteiger partial charge in [0.05, 0.1) is 0 Å². The van der Waals surface area contributed by atoms with Gasteiger partial charge in [0.15, 0.2) is 11.0 Å². The van der Waals surface area contributed by atoms with E-state index in [-0.39, 0.29) is 17.0 Å². The van der Waals surface area contributed by atoms with Gasteiger partial charge in [0.1, 0.15) is 5.69 Å². The molecule has 0 radical (unpaired) electrons. The Hall–Kier alpha value is -2.47. The van der Waals surface area contributed by atoms with E-state index in [1.807, 2.05) is 30.3 Å². The van der Waals surface area contributed by atoms with Gasteiger partial charge in [0.2, 0.25) is 11.9 Å². The molecule has 2 N–H and O–H groups in total. The largest absolute Gasteiger partial charge is 0.371 e. The number of hydrogen-bond donors (Lipinski definition) is 2. The Kier molecular flexibility index (Phi) is 4.84. The second-order valence-electron chi connectivity index (χ2n) is 4.14. The third-order valence-electron chi connectivity index (χ3n) is 2.51. The lowest BCUT2D eigenvalue weighted by atomic mass is 10.2. The lowest BCUT2D eigenvalue weighted by Crippen LogP contribution is -2.10. The Balaban J connectivity index is 2.35. The summed E-state index contributed by atoms with van der Waals surface area (Å²) in [5.74, 6) is 0.301. The van der Waals surface area contributed by atoms with E-state index in [9.17, 15) is 4.79 Å². The molecule has 1 heterocycles. The van der Waals surface area contributed by atoms with Crippen molar-refractivity contribution >= 4 is 41.2 Å². The average Bonchev–Trinajstić information content (AvgIpc) is 2.46. The van der Waals surface area contributed by atoms with E-state index in [0.29, 0.717) is 11.5 Å². The van der Waals surface area contributed by atoms with E-state index >= 15 is 0 Å². The summed E-state index contributed by atoms with van der Waals surface area (Å²) in [6.07, 6.45) is 1.67. The van der Waals surface area contributed by atoms with Gasteiger partial charge in [-0.25, -0.2) is 4.99 Å². The molecular formula is C14H14ClN5O. The Bertz CT molecular complexity index is 673. The number of aliphatic imine (C=N–C) groups is 1.